The van der Waals surface area contributed by atoms with E-state index in [1.165, 1.54) is 54.0 Å². The van der Waals surface area contributed by atoms with Gasteiger partial charge in [0.2, 0.25) is 0 Å². The number of carbonyl (C=O) groups is 1. The number of anilines is 2. The first kappa shape index (κ1) is 46.7. The highest BCUT2D eigenvalue weighted by molar-refractivity contribution is 7.22. The molecular formula is C37H42Cl2F6N6O5S2. The van der Waals surface area contributed by atoms with Crippen molar-refractivity contribution in [3.05, 3.63) is 65.7 Å². The Balaban J connectivity index is 0.000000277. The van der Waals surface area contributed by atoms with Crippen molar-refractivity contribution in [2.75, 3.05) is 62.8 Å². The Kier molecular flexibility index (Phi) is 16.0. The van der Waals surface area contributed by atoms with Crippen molar-refractivity contribution >= 4 is 84.2 Å². The molecule has 58 heavy (non-hydrogen) atoms. The monoisotopic (exact) mass is 898 g/mol. The summed E-state index contributed by atoms with van der Waals surface area (Å²) in [4.78, 5) is 27.2. The van der Waals surface area contributed by atoms with Gasteiger partial charge in [-0.1, -0.05) is 28.7 Å². The fraction of sp³-hybridized carbons (Fsp3) is 0.432. The molecule has 2 saturated heterocycles. The van der Waals surface area contributed by atoms with Crippen molar-refractivity contribution in [1.82, 2.24) is 20.2 Å². The van der Waals surface area contributed by atoms with E-state index in [1.54, 1.807) is 12.1 Å². The van der Waals surface area contributed by atoms with E-state index in [2.05, 4.69) is 64.1 Å². The van der Waals surface area contributed by atoms with Crippen LogP contribution in [0.15, 0.2) is 54.6 Å². The third-order valence-electron chi connectivity index (χ3n) is 8.97. The summed E-state index contributed by atoms with van der Waals surface area (Å²) in [6, 6.07) is 14.8. The van der Waals surface area contributed by atoms with Crippen LogP contribution >= 0.6 is 47.5 Å². The predicted molar refractivity (Wildman–Crippen MR) is 218 cm³/mol. The Morgan fingerprint density at radius 1 is 0.793 bits per heavy atom. The number of thiazole rings is 2. The number of nitrogens with one attached hydrogen (secondary N) is 1. The van der Waals surface area contributed by atoms with Gasteiger partial charge in [-0.25, -0.2) is 14.8 Å². The Morgan fingerprint density at radius 2 is 1.36 bits per heavy atom. The zero-order chi connectivity index (χ0) is 40.2. The van der Waals surface area contributed by atoms with Crippen LogP contribution < -0.4 is 29.3 Å². The van der Waals surface area contributed by atoms with Crippen LogP contribution in [-0.2, 0) is 16.1 Å². The smallest absolute Gasteiger partial charge is 0.482 e. The number of hydrogen-bond acceptors (Lipinski definition) is 13. The molecule has 4 heterocycles. The van der Waals surface area contributed by atoms with E-state index in [9.17, 15) is 31.1 Å². The molecule has 0 spiro atoms. The third-order valence-corrected chi connectivity index (χ3v) is 11.1. The first-order valence-corrected chi connectivity index (χ1v) is 19.2. The second-order valence-corrected chi connectivity index (χ2v) is 15.4. The lowest BCUT2D eigenvalue weighted by Crippen LogP contribution is -2.51. The van der Waals surface area contributed by atoms with E-state index in [0.29, 0.717) is 32.2 Å². The molecule has 2 aliphatic rings. The summed E-state index contributed by atoms with van der Waals surface area (Å²) in [6.07, 6.45) is -9.40. The molecular weight excluding hydrogens is 857 g/mol. The molecule has 1 N–H and O–H groups in total. The molecule has 0 aliphatic carbocycles. The summed E-state index contributed by atoms with van der Waals surface area (Å²) < 4.78 is 93.8. The van der Waals surface area contributed by atoms with Gasteiger partial charge in [-0.05, 0) is 68.3 Å². The van der Waals surface area contributed by atoms with E-state index in [-0.39, 0.29) is 49.0 Å². The minimum atomic E-state index is -4.72. The van der Waals surface area contributed by atoms with Gasteiger partial charge < -0.3 is 34.1 Å². The molecule has 2 aromatic heterocycles. The molecule has 0 unspecified atom stereocenters. The summed E-state index contributed by atoms with van der Waals surface area (Å²) in [6.45, 7) is 11.7. The van der Waals surface area contributed by atoms with Crippen molar-refractivity contribution < 1.29 is 50.1 Å². The number of hydrogen-bond donors (Lipinski definition) is 1. The molecule has 0 radical (unpaired) electrons. The quantitative estimate of drug-likeness (QED) is 0.114. The van der Waals surface area contributed by atoms with Gasteiger partial charge in [-0.3, -0.25) is 4.90 Å². The van der Waals surface area contributed by atoms with Gasteiger partial charge in [0.1, 0.15) is 17.2 Å². The topological polar surface area (TPSA) is 102 Å². The van der Waals surface area contributed by atoms with E-state index < -0.39 is 18.7 Å². The number of ether oxygens (including phenoxy) is 4. The average Bonchev–Trinajstić information content (AvgIpc) is 3.73. The third kappa shape index (κ3) is 12.7. The van der Waals surface area contributed by atoms with E-state index in [1.807, 2.05) is 19.1 Å². The van der Waals surface area contributed by atoms with Crippen molar-refractivity contribution in [3.8, 4) is 17.2 Å². The molecule has 0 amide bonds. The van der Waals surface area contributed by atoms with Crippen LogP contribution in [0.25, 0.3) is 20.4 Å². The zero-order valence-electron chi connectivity index (χ0n) is 31.7. The van der Waals surface area contributed by atoms with Crippen molar-refractivity contribution in [2.24, 2.45) is 0 Å². The minimum absolute atomic E-state index is 0. The van der Waals surface area contributed by atoms with Crippen LogP contribution in [0, 0.1) is 6.92 Å². The number of aryl methyl sites for hydroxylation is 1. The fourth-order valence-electron chi connectivity index (χ4n) is 6.47. The molecule has 3 aromatic carbocycles. The number of piperazine rings is 2. The van der Waals surface area contributed by atoms with Crippen LogP contribution in [0.3, 0.4) is 0 Å². The maximum atomic E-state index is 12.5. The second kappa shape index (κ2) is 19.8. The highest BCUT2D eigenvalue weighted by atomic mass is 35.5. The van der Waals surface area contributed by atoms with Crippen LogP contribution in [-0.4, -0.2) is 98.6 Å². The van der Waals surface area contributed by atoms with Crippen LogP contribution in [0.5, 0.6) is 17.2 Å². The number of benzene rings is 3. The lowest BCUT2D eigenvalue weighted by atomic mass is 10.1. The molecule has 318 valence electrons. The number of aromatic nitrogens is 2. The predicted octanol–water partition coefficient (Wildman–Crippen LogP) is 8.60. The molecule has 0 saturated carbocycles. The summed E-state index contributed by atoms with van der Waals surface area (Å²) in [5, 5.41) is 4.91. The average molecular weight is 900 g/mol. The van der Waals surface area contributed by atoms with Gasteiger partial charge in [-0.15, -0.1) is 51.2 Å². The lowest BCUT2D eigenvalue weighted by Gasteiger charge is -2.39. The van der Waals surface area contributed by atoms with Gasteiger partial charge >= 0.3 is 18.7 Å². The largest absolute Gasteiger partial charge is 0.573 e. The molecule has 11 nitrogen and oxygen atoms in total. The number of rotatable bonds is 9. The Labute approximate surface area is 351 Å². The van der Waals surface area contributed by atoms with Crippen LogP contribution in [0.1, 0.15) is 25.0 Å². The van der Waals surface area contributed by atoms with Crippen LogP contribution in [0.2, 0.25) is 0 Å². The van der Waals surface area contributed by atoms with E-state index in [4.69, 9.17) is 4.74 Å². The highest BCUT2D eigenvalue weighted by Crippen LogP contribution is 2.36. The molecule has 5 aromatic rings. The number of esters is 1. The number of methoxy groups -OCH3 is 1. The molecule has 0 bridgehead atoms. The first-order valence-electron chi connectivity index (χ1n) is 17.6. The normalized spacial score (nSPS) is 17.5. The number of fused-ring (bicyclic) bond motifs is 2. The Bertz CT molecular complexity index is 2140. The summed E-state index contributed by atoms with van der Waals surface area (Å²) >= 11 is 2.75. The Hall–Kier alpha value is -4.01. The van der Waals surface area contributed by atoms with Gasteiger partial charge in [0.25, 0.3) is 0 Å². The number of nitrogens with zero attached hydrogens (tertiary/aromatic N) is 5. The SMILES string of the molecule is COC(=O)COc1cc(C)cc(CN2CCN(c3nc4ccc(OC(F)(F)F)cc4s3)[C@H](C)C2)c1.C[C@@H]1CNCCN1c1nc2ccc(OC(F)(F)F)cc2s1.Cl.Cl. The van der Waals surface area contributed by atoms with Crippen LogP contribution in [0.4, 0.5) is 36.6 Å². The number of carbonyl (C=O) groups excluding carboxylic acids is 1. The maximum absolute atomic E-state index is 12.5. The van der Waals surface area contributed by atoms with E-state index >= 15 is 0 Å². The minimum Gasteiger partial charge on any atom is -0.482 e. The molecule has 21 heteroatoms. The summed E-state index contributed by atoms with van der Waals surface area (Å²) in [5.74, 6) is -0.262. The van der Waals surface area contributed by atoms with E-state index in [0.717, 1.165) is 67.2 Å². The summed E-state index contributed by atoms with van der Waals surface area (Å²) in [5.41, 5.74) is 3.46. The van der Waals surface area contributed by atoms with Gasteiger partial charge in [0, 0.05) is 70.0 Å². The molecule has 2 fully saturated rings. The molecule has 7 rings (SSSR count). The lowest BCUT2D eigenvalue weighted by molar-refractivity contribution is -0.275. The number of halogens is 8. The Morgan fingerprint density at radius 3 is 1.88 bits per heavy atom. The van der Waals surface area contributed by atoms with Gasteiger partial charge in [-0.2, -0.15) is 0 Å². The highest BCUT2D eigenvalue weighted by Gasteiger charge is 2.33. The molecule has 2 atom stereocenters. The van der Waals surface area contributed by atoms with Crippen molar-refractivity contribution in [3.63, 3.8) is 0 Å². The van der Waals surface area contributed by atoms with Crippen molar-refractivity contribution in [1.29, 1.82) is 0 Å². The summed E-state index contributed by atoms with van der Waals surface area (Å²) in [7, 11) is 1.32. The standard InChI is InChI=1S/C24H26F3N3O4S.C13H14F3N3OS.2ClH/c1-15-8-17(10-19(9-15)33-14-22(31)32-3)13-29-6-7-30(16(2)12-29)23-28-20-5-4-18(11-21(20)35-23)34-24(25,26)27;1-8-7-17-4-5-19(8)12-18-10-3-2-9(6-11(10)21-12)20-13(14,15)16;;/h4-5,8-11,16H,6-7,12-14H2,1-3H3;2-3,6,8,17H,4-5,7H2,1H3;2*1H/t16-;8-;;/m11../s1. The maximum Gasteiger partial charge on any atom is 0.573 e. The first-order chi connectivity index (χ1) is 26.5. The second-order valence-electron chi connectivity index (χ2n) is 13.4. The zero-order valence-corrected chi connectivity index (χ0v) is 35.0. The van der Waals surface area contributed by atoms with Gasteiger partial charge in [0.05, 0.1) is 27.5 Å². The number of alkyl halides is 6. The fourth-order valence-corrected chi connectivity index (χ4v) is 8.72. The van der Waals surface area contributed by atoms with Crippen molar-refractivity contribution in [2.45, 2.75) is 52.1 Å². The molecule has 2 aliphatic heterocycles. The van der Waals surface area contributed by atoms with Gasteiger partial charge in [0.15, 0.2) is 16.9 Å².